The fourth-order valence-electron chi connectivity index (χ4n) is 1.99. The van der Waals surface area contributed by atoms with Gasteiger partial charge in [0.15, 0.2) is 0 Å². The average Bonchev–Trinajstić information content (AvgIpc) is 2.38. The SMILES string of the molecule is COCc1cccc(C(=O)NC(CO)CC(C)C)c1. The Bertz CT molecular complexity index is 404. The van der Waals surface area contributed by atoms with Gasteiger partial charge in [0.2, 0.25) is 0 Å². The highest BCUT2D eigenvalue weighted by Gasteiger charge is 2.14. The van der Waals surface area contributed by atoms with Crippen LogP contribution in [0.5, 0.6) is 0 Å². The van der Waals surface area contributed by atoms with Gasteiger partial charge in [0.05, 0.1) is 19.3 Å². The van der Waals surface area contributed by atoms with Crippen LogP contribution in [0.1, 0.15) is 36.2 Å². The molecule has 4 nitrogen and oxygen atoms in total. The fourth-order valence-corrected chi connectivity index (χ4v) is 1.99. The molecule has 0 saturated carbocycles. The van der Waals surface area contributed by atoms with Crippen molar-refractivity contribution in [1.82, 2.24) is 5.32 Å². The van der Waals surface area contributed by atoms with E-state index < -0.39 is 0 Å². The molecule has 0 bridgehead atoms. The predicted octanol–water partition coefficient (Wildman–Crippen LogP) is 1.97. The second kappa shape index (κ2) is 7.92. The van der Waals surface area contributed by atoms with E-state index in [1.807, 2.05) is 18.2 Å². The summed E-state index contributed by atoms with van der Waals surface area (Å²) in [5.74, 6) is 0.273. The van der Waals surface area contributed by atoms with E-state index in [0.717, 1.165) is 12.0 Å². The Morgan fingerprint density at radius 3 is 2.74 bits per heavy atom. The Balaban J connectivity index is 2.68. The number of nitrogens with one attached hydrogen (secondary N) is 1. The lowest BCUT2D eigenvalue weighted by Crippen LogP contribution is -2.38. The van der Waals surface area contributed by atoms with Crippen LogP contribution in [0.2, 0.25) is 0 Å². The van der Waals surface area contributed by atoms with Crippen molar-refractivity contribution in [3.05, 3.63) is 35.4 Å². The molecule has 1 aromatic rings. The number of amides is 1. The predicted molar refractivity (Wildman–Crippen MR) is 75.0 cm³/mol. The van der Waals surface area contributed by atoms with Crippen LogP contribution < -0.4 is 5.32 Å². The quantitative estimate of drug-likeness (QED) is 0.792. The molecule has 19 heavy (non-hydrogen) atoms. The highest BCUT2D eigenvalue weighted by atomic mass is 16.5. The first kappa shape index (κ1) is 15.7. The molecule has 4 heteroatoms. The molecule has 0 saturated heterocycles. The number of aliphatic hydroxyl groups is 1. The third-order valence-electron chi connectivity index (χ3n) is 2.81. The molecule has 0 aromatic heterocycles. The van der Waals surface area contributed by atoms with Gasteiger partial charge in [0.1, 0.15) is 0 Å². The number of carbonyl (C=O) groups excluding carboxylic acids is 1. The van der Waals surface area contributed by atoms with Crippen molar-refractivity contribution in [2.75, 3.05) is 13.7 Å². The van der Waals surface area contributed by atoms with Crippen LogP contribution in [-0.4, -0.2) is 30.8 Å². The Morgan fingerprint density at radius 1 is 1.42 bits per heavy atom. The lowest BCUT2D eigenvalue weighted by molar-refractivity contribution is 0.0908. The molecular formula is C15H23NO3. The van der Waals surface area contributed by atoms with E-state index in [1.165, 1.54) is 0 Å². The highest BCUT2D eigenvalue weighted by molar-refractivity contribution is 5.94. The number of aliphatic hydroxyl groups excluding tert-OH is 1. The molecule has 2 N–H and O–H groups in total. The van der Waals surface area contributed by atoms with E-state index in [-0.39, 0.29) is 18.6 Å². The summed E-state index contributed by atoms with van der Waals surface area (Å²) in [5.41, 5.74) is 1.55. The molecule has 1 unspecified atom stereocenters. The first-order valence-electron chi connectivity index (χ1n) is 6.56. The van der Waals surface area contributed by atoms with Crippen molar-refractivity contribution in [2.24, 2.45) is 5.92 Å². The van der Waals surface area contributed by atoms with Crippen molar-refractivity contribution >= 4 is 5.91 Å². The fraction of sp³-hybridized carbons (Fsp3) is 0.533. The largest absolute Gasteiger partial charge is 0.394 e. The summed E-state index contributed by atoms with van der Waals surface area (Å²) in [5, 5.41) is 12.1. The van der Waals surface area contributed by atoms with Gasteiger partial charge in [-0.05, 0) is 30.0 Å². The molecule has 0 aliphatic heterocycles. The second-order valence-electron chi connectivity index (χ2n) is 5.12. The molecule has 0 aliphatic rings. The zero-order chi connectivity index (χ0) is 14.3. The van der Waals surface area contributed by atoms with Gasteiger partial charge >= 0.3 is 0 Å². The van der Waals surface area contributed by atoms with Gasteiger partial charge in [0.25, 0.3) is 5.91 Å². The first-order valence-corrected chi connectivity index (χ1v) is 6.56. The monoisotopic (exact) mass is 265 g/mol. The second-order valence-corrected chi connectivity index (χ2v) is 5.12. The molecule has 0 spiro atoms. The Hall–Kier alpha value is -1.39. The molecule has 0 fully saturated rings. The Kier molecular flexibility index (Phi) is 6.53. The van der Waals surface area contributed by atoms with Crippen LogP contribution >= 0.6 is 0 Å². The van der Waals surface area contributed by atoms with Gasteiger partial charge in [-0.25, -0.2) is 0 Å². The summed E-state index contributed by atoms with van der Waals surface area (Å²) in [7, 11) is 1.62. The van der Waals surface area contributed by atoms with E-state index >= 15 is 0 Å². The van der Waals surface area contributed by atoms with Gasteiger partial charge in [-0.15, -0.1) is 0 Å². The Morgan fingerprint density at radius 2 is 2.16 bits per heavy atom. The smallest absolute Gasteiger partial charge is 0.251 e. The number of rotatable bonds is 7. The molecule has 1 amide bonds. The molecule has 0 radical (unpaired) electrons. The molecule has 0 aliphatic carbocycles. The lowest BCUT2D eigenvalue weighted by Gasteiger charge is -2.18. The van der Waals surface area contributed by atoms with Gasteiger partial charge in [0, 0.05) is 12.7 Å². The Labute approximate surface area is 114 Å². The van der Waals surface area contributed by atoms with Crippen LogP contribution in [0.15, 0.2) is 24.3 Å². The normalized spacial score (nSPS) is 12.5. The average molecular weight is 265 g/mol. The summed E-state index contributed by atoms with van der Waals surface area (Å²) < 4.78 is 5.05. The number of hydrogen-bond acceptors (Lipinski definition) is 3. The molecular weight excluding hydrogens is 242 g/mol. The standard InChI is InChI=1S/C15H23NO3/c1-11(2)7-14(9-17)16-15(18)13-6-4-5-12(8-13)10-19-3/h4-6,8,11,14,17H,7,9-10H2,1-3H3,(H,16,18). The van der Waals surface area contributed by atoms with Crippen LogP contribution in [0, 0.1) is 5.92 Å². The summed E-state index contributed by atoms with van der Waals surface area (Å²) in [6.07, 6.45) is 0.764. The van der Waals surface area contributed by atoms with E-state index in [1.54, 1.807) is 13.2 Å². The van der Waals surface area contributed by atoms with Gasteiger partial charge in [-0.1, -0.05) is 26.0 Å². The van der Waals surface area contributed by atoms with E-state index in [0.29, 0.717) is 18.1 Å². The number of methoxy groups -OCH3 is 1. The van der Waals surface area contributed by atoms with Crippen LogP contribution in [0.25, 0.3) is 0 Å². The summed E-state index contributed by atoms with van der Waals surface area (Å²) in [6.45, 7) is 4.57. The van der Waals surface area contributed by atoms with Gasteiger partial charge in [-0.3, -0.25) is 4.79 Å². The van der Waals surface area contributed by atoms with Crippen molar-refractivity contribution in [1.29, 1.82) is 0 Å². The number of benzene rings is 1. The van der Waals surface area contributed by atoms with Crippen molar-refractivity contribution < 1.29 is 14.6 Å². The molecule has 106 valence electrons. The highest BCUT2D eigenvalue weighted by Crippen LogP contribution is 2.09. The number of hydrogen-bond donors (Lipinski definition) is 2. The van der Waals surface area contributed by atoms with Crippen molar-refractivity contribution in [2.45, 2.75) is 32.9 Å². The number of ether oxygens (including phenoxy) is 1. The first-order chi connectivity index (χ1) is 9.06. The van der Waals surface area contributed by atoms with E-state index in [9.17, 15) is 9.90 Å². The minimum atomic E-state index is -0.196. The van der Waals surface area contributed by atoms with Crippen LogP contribution in [-0.2, 0) is 11.3 Å². The summed E-state index contributed by atoms with van der Waals surface area (Å²) >= 11 is 0. The summed E-state index contributed by atoms with van der Waals surface area (Å²) in [6, 6.07) is 7.12. The maximum atomic E-state index is 12.1. The zero-order valence-electron chi connectivity index (χ0n) is 11.8. The maximum absolute atomic E-state index is 12.1. The minimum Gasteiger partial charge on any atom is -0.394 e. The van der Waals surface area contributed by atoms with E-state index in [4.69, 9.17) is 4.74 Å². The van der Waals surface area contributed by atoms with Crippen molar-refractivity contribution in [3.63, 3.8) is 0 Å². The van der Waals surface area contributed by atoms with Gasteiger partial charge < -0.3 is 15.2 Å². The molecule has 1 atom stereocenters. The maximum Gasteiger partial charge on any atom is 0.251 e. The van der Waals surface area contributed by atoms with E-state index in [2.05, 4.69) is 19.2 Å². The molecule has 0 heterocycles. The third-order valence-corrected chi connectivity index (χ3v) is 2.81. The minimum absolute atomic E-state index is 0.0400. The topological polar surface area (TPSA) is 58.6 Å². The third kappa shape index (κ3) is 5.41. The lowest BCUT2D eigenvalue weighted by atomic mass is 10.0. The molecule has 1 rings (SSSR count). The van der Waals surface area contributed by atoms with Crippen LogP contribution in [0.3, 0.4) is 0 Å². The van der Waals surface area contributed by atoms with Crippen LogP contribution in [0.4, 0.5) is 0 Å². The number of carbonyl (C=O) groups is 1. The summed E-state index contributed by atoms with van der Waals surface area (Å²) in [4.78, 5) is 12.1. The van der Waals surface area contributed by atoms with Gasteiger partial charge in [-0.2, -0.15) is 0 Å². The zero-order valence-corrected chi connectivity index (χ0v) is 11.8. The van der Waals surface area contributed by atoms with Crippen molar-refractivity contribution in [3.8, 4) is 0 Å². The molecule has 1 aromatic carbocycles.